The van der Waals surface area contributed by atoms with Gasteiger partial charge in [-0.05, 0) is 47.5 Å². The molecule has 4 nitrogen and oxygen atoms in total. The van der Waals surface area contributed by atoms with Crippen LogP contribution < -0.4 is 5.32 Å². The molecule has 0 amide bonds. The van der Waals surface area contributed by atoms with Gasteiger partial charge in [-0.15, -0.1) is 0 Å². The zero-order chi connectivity index (χ0) is 15.0. The van der Waals surface area contributed by atoms with Crippen LogP contribution in [0.3, 0.4) is 0 Å². The van der Waals surface area contributed by atoms with Gasteiger partial charge >= 0.3 is 0 Å². The highest BCUT2D eigenvalue weighted by Gasteiger charge is 2.30. The molecule has 0 unspecified atom stereocenters. The van der Waals surface area contributed by atoms with Crippen molar-refractivity contribution in [2.75, 3.05) is 6.54 Å². The smallest absolute Gasteiger partial charge is 0.0771 e. The molecular formula is C16H29N3O. The molecule has 0 radical (unpaired) electrons. The number of nitrogens with one attached hydrogen (secondary N) is 1. The maximum Gasteiger partial charge on any atom is 0.0771 e. The van der Waals surface area contributed by atoms with Crippen LogP contribution >= 0.6 is 0 Å². The minimum atomic E-state index is -0.484. The summed E-state index contributed by atoms with van der Waals surface area (Å²) in [6.45, 7) is 12.2. The molecule has 1 fully saturated rings. The molecule has 0 bridgehead atoms. The lowest BCUT2D eigenvalue weighted by molar-refractivity contribution is 0.0474. The highest BCUT2D eigenvalue weighted by Crippen LogP contribution is 2.29. The van der Waals surface area contributed by atoms with Gasteiger partial charge in [0.05, 0.1) is 16.8 Å². The van der Waals surface area contributed by atoms with E-state index in [1.54, 1.807) is 0 Å². The first-order valence-electron chi connectivity index (χ1n) is 7.72. The number of aromatic nitrogens is 2. The zero-order valence-corrected chi connectivity index (χ0v) is 13.6. The second-order valence-corrected chi connectivity index (χ2v) is 7.27. The highest BCUT2D eigenvalue weighted by atomic mass is 16.3. The van der Waals surface area contributed by atoms with E-state index in [0.29, 0.717) is 6.54 Å². The summed E-state index contributed by atoms with van der Waals surface area (Å²) in [4.78, 5) is 0. The minimum Gasteiger partial charge on any atom is -0.389 e. The van der Waals surface area contributed by atoms with Crippen LogP contribution in [-0.4, -0.2) is 27.0 Å². The first-order chi connectivity index (χ1) is 9.23. The fourth-order valence-electron chi connectivity index (χ4n) is 3.21. The standard InChI is InChI=1S/C16H29N3O/c1-12-14(13(2)19(18-12)15(3,4)5)10-17-11-16(20)8-6-7-9-16/h17,20H,6-11H2,1-5H3. The van der Waals surface area contributed by atoms with E-state index in [4.69, 9.17) is 0 Å². The van der Waals surface area contributed by atoms with Crippen LogP contribution in [0, 0.1) is 13.8 Å². The molecule has 2 rings (SSSR count). The molecule has 114 valence electrons. The van der Waals surface area contributed by atoms with Crippen LogP contribution in [0.2, 0.25) is 0 Å². The van der Waals surface area contributed by atoms with Gasteiger partial charge in [-0.3, -0.25) is 4.68 Å². The molecule has 0 saturated heterocycles. The predicted octanol–water partition coefficient (Wildman–Crippen LogP) is 2.65. The summed E-state index contributed by atoms with van der Waals surface area (Å²) < 4.78 is 2.10. The summed E-state index contributed by atoms with van der Waals surface area (Å²) in [5.74, 6) is 0. The Balaban J connectivity index is 2.01. The van der Waals surface area contributed by atoms with E-state index in [0.717, 1.165) is 37.9 Å². The van der Waals surface area contributed by atoms with Crippen molar-refractivity contribution >= 4 is 0 Å². The van der Waals surface area contributed by atoms with Gasteiger partial charge in [0.2, 0.25) is 0 Å². The zero-order valence-electron chi connectivity index (χ0n) is 13.6. The molecule has 0 atom stereocenters. The lowest BCUT2D eigenvalue weighted by Crippen LogP contribution is -2.37. The Hall–Kier alpha value is -0.870. The number of rotatable bonds is 4. The SMILES string of the molecule is Cc1nn(C(C)(C)C)c(C)c1CNCC1(O)CCCC1. The van der Waals surface area contributed by atoms with Crippen LogP contribution in [0.15, 0.2) is 0 Å². The Morgan fingerprint density at radius 2 is 1.85 bits per heavy atom. The molecule has 1 aromatic heterocycles. The summed E-state index contributed by atoms with van der Waals surface area (Å²) in [5.41, 5.74) is 3.10. The van der Waals surface area contributed by atoms with Crippen molar-refractivity contribution in [1.29, 1.82) is 0 Å². The van der Waals surface area contributed by atoms with Crippen LogP contribution in [0.5, 0.6) is 0 Å². The molecule has 1 aliphatic carbocycles. The first-order valence-corrected chi connectivity index (χ1v) is 7.72. The van der Waals surface area contributed by atoms with E-state index in [1.807, 2.05) is 0 Å². The van der Waals surface area contributed by atoms with Crippen molar-refractivity contribution in [2.45, 2.75) is 78.0 Å². The summed E-state index contributed by atoms with van der Waals surface area (Å²) in [6, 6.07) is 0. The normalized spacial score (nSPS) is 18.7. The van der Waals surface area contributed by atoms with Crippen molar-refractivity contribution in [2.24, 2.45) is 0 Å². The molecule has 2 N–H and O–H groups in total. The highest BCUT2D eigenvalue weighted by molar-refractivity contribution is 5.25. The van der Waals surface area contributed by atoms with E-state index in [-0.39, 0.29) is 5.54 Å². The molecule has 0 aromatic carbocycles. The van der Waals surface area contributed by atoms with Gasteiger partial charge in [0.15, 0.2) is 0 Å². The average molecular weight is 279 g/mol. The first kappa shape index (κ1) is 15.5. The average Bonchev–Trinajstić information content (AvgIpc) is 2.87. The van der Waals surface area contributed by atoms with Crippen molar-refractivity contribution in [3.05, 3.63) is 17.0 Å². The topological polar surface area (TPSA) is 50.1 Å². The van der Waals surface area contributed by atoms with E-state index < -0.39 is 5.60 Å². The molecule has 0 spiro atoms. The van der Waals surface area contributed by atoms with Gasteiger partial charge in [-0.25, -0.2) is 0 Å². The summed E-state index contributed by atoms with van der Waals surface area (Å²) >= 11 is 0. The van der Waals surface area contributed by atoms with Crippen LogP contribution in [0.4, 0.5) is 0 Å². The van der Waals surface area contributed by atoms with E-state index >= 15 is 0 Å². The Kier molecular flexibility index (Phi) is 4.26. The number of aliphatic hydroxyl groups is 1. The van der Waals surface area contributed by atoms with Crippen molar-refractivity contribution in [3.8, 4) is 0 Å². The second kappa shape index (κ2) is 5.49. The summed E-state index contributed by atoms with van der Waals surface area (Å²) in [5, 5.41) is 18.4. The van der Waals surface area contributed by atoms with Crippen LogP contribution in [0.1, 0.15) is 63.4 Å². The quantitative estimate of drug-likeness (QED) is 0.891. The summed E-state index contributed by atoms with van der Waals surface area (Å²) in [7, 11) is 0. The van der Waals surface area contributed by atoms with Gasteiger partial charge < -0.3 is 10.4 Å². The van der Waals surface area contributed by atoms with Gasteiger partial charge in [0.1, 0.15) is 0 Å². The largest absolute Gasteiger partial charge is 0.389 e. The van der Waals surface area contributed by atoms with Crippen molar-refractivity contribution in [3.63, 3.8) is 0 Å². The van der Waals surface area contributed by atoms with Crippen LogP contribution in [-0.2, 0) is 12.1 Å². The Morgan fingerprint density at radius 3 is 2.35 bits per heavy atom. The van der Waals surface area contributed by atoms with Crippen molar-refractivity contribution in [1.82, 2.24) is 15.1 Å². The van der Waals surface area contributed by atoms with E-state index in [2.05, 4.69) is 49.7 Å². The lowest BCUT2D eigenvalue weighted by atomic mass is 10.0. The third kappa shape index (κ3) is 3.23. The van der Waals surface area contributed by atoms with E-state index in [9.17, 15) is 5.11 Å². The Morgan fingerprint density at radius 1 is 1.25 bits per heavy atom. The fraction of sp³-hybridized carbons (Fsp3) is 0.812. The van der Waals surface area contributed by atoms with Gasteiger partial charge in [0.25, 0.3) is 0 Å². The molecule has 0 aliphatic heterocycles. The molecule has 20 heavy (non-hydrogen) atoms. The molecule has 4 heteroatoms. The van der Waals surface area contributed by atoms with Gasteiger partial charge in [0, 0.05) is 24.3 Å². The number of nitrogens with zero attached hydrogens (tertiary/aromatic N) is 2. The Labute approximate surface area is 122 Å². The lowest BCUT2D eigenvalue weighted by Gasteiger charge is -2.23. The third-order valence-electron chi connectivity index (χ3n) is 4.37. The minimum absolute atomic E-state index is 0.0107. The predicted molar refractivity (Wildman–Crippen MR) is 81.8 cm³/mol. The molecule has 1 saturated carbocycles. The third-order valence-corrected chi connectivity index (χ3v) is 4.37. The number of aryl methyl sites for hydroxylation is 1. The maximum atomic E-state index is 10.4. The Bertz CT molecular complexity index is 465. The number of hydrogen-bond donors (Lipinski definition) is 2. The molecule has 1 aliphatic rings. The van der Waals surface area contributed by atoms with Gasteiger partial charge in [-0.2, -0.15) is 5.10 Å². The maximum absolute atomic E-state index is 10.4. The second-order valence-electron chi connectivity index (χ2n) is 7.27. The van der Waals surface area contributed by atoms with Gasteiger partial charge in [-0.1, -0.05) is 12.8 Å². The number of hydrogen-bond acceptors (Lipinski definition) is 3. The van der Waals surface area contributed by atoms with Crippen LogP contribution in [0.25, 0.3) is 0 Å². The monoisotopic (exact) mass is 279 g/mol. The molecule has 1 aromatic rings. The summed E-state index contributed by atoms with van der Waals surface area (Å²) in [6.07, 6.45) is 4.16. The molecular weight excluding hydrogens is 250 g/mol. The molecule has 1 heterocycles. The van der Waals surface area contributed by atoms with Crippen molar-refractivity contribution < 1.29 is 5.11 Å². The fourth-order valence-corrected chi connectivity index (χ4v) is 3.21. The van der Waals surface area contributed by atoms with E-state index in [1.165, 1.54) is 11.3 Å².